The quantitative estimate of drug-likeness (QED) is 0.451. The number of piperidine rings is 1. The van der Waals surface area contributed by atoms with Crippen LogP contribution in [-0.4, -0.2) is 69.4 Å². The number of ether oxygens (including phenoxy) is 1. The van der Waals surface area contributed by atoms with Crippen LogP contribution in [0.5, 0.6) is 0 Å². The van der Waals surface area contributed by atoms with Crippen LogP contribution in [-0.2, 0) is 23.9 Å². The zero-order valence-electron chi connectivity index (χ0n) is 21.9. The van der Waals surface area contributed by atoms with Crippen molar-refractivity contribution < 1.29 is 33.8 Å². The Bertz CT molecular complexity index is 959. The van der Waals surface area contributed by atoms with E-state index in [1.54, 1.807) is 25.7 Å². The van der Waals surface area contributed by atoms with Crippen molar-refractivity contribution in [2.75, 3.05) is 6.54 Å². The molecule has 1 saturated heterocycles. The van der Waals surface area contributed by atoms with Crippen LogP contribution in [0.2, 0.25) is 0 Å². The molecular weight excluding hydrogens is 466 g/mol. The Morgan fingerprint density at radius 1 is 1.03 bits per heavy atom. The SMILES string of the molecule is CC(C)(C)OC(=O)N[C@H](C(=O)N1CC2C([C@H]1C(=O)NC1(C(=O)C(=O)O)CC1)C2(C)C)C1CCCCC1. The standard InChI is InChI=1S/C26H39N3O7/c1-24(2,3)36-23(35)27-17(14-9-7-6-8-10-14)21(32)29-13-15-16(25(15,4)5)18(29)20(31)28-26(11-12-26)19(30)22(33)34/h14-18H,6-13H2,1-5H3,(H,27,35)(H,28,31)(H,33,34)/t15?,16?,17-,18-/m0/s1. The number of aliphatic carboxylic acids is 1. The fourth-order valence-electron chi connectivity index (χ4n) is 6.32. The van der Waals surface area contributed by atoms with E-state index < -0.39 is 47.0 Å². The Hall–Kier alpha value is -2.65. The van der Waals surface area contributed by atoms with Gasteiger partial charge in [0.2, 0.25) is 11.8 Å². The van der Waals surface area contributed by atoms with Crippen LogP contribution >= 0.6 is 0 Å². The van der Waals surface area contributed by atoms with E-state index in [4.69, 9.17) is 4.74 Å². The number of likely N-dealkylation sites (tertiary alicyclic amines) is 1. The van der Waals surface area contributed by atoms with Gasteiger partial charge in [0.15, 0.2) is 0 Å². The second kappa shape index (κ2) is 9.03. The Morgan fingerprint density at radius 3 is 2.17 bits per heavy atom. The van der Waals surface area contributed by atoms with Gasteiger partial charge in [0.05, 0.1) is 0 Å². The summed E-state index contributed by atoms with van der Waals surface area (Å²) in [6.07, 6.45) is 4.48. The molecule has 1 heterocycles. The Morgan fingerprint density at radius 2 is 1.64 bits per heavy atom. The van der Waals surface area contributed by atoms with E-state index in [2.05, 4.69) is 24.5 Å². The summed E-state index contributed by atoms with van der Waals surface area (Å²) in [7, 11) is 0. The zero-order chi connectivity index (χ0) is 26.6. The summed E-state index contributed by atoms with van der Waals surface area (Å²) >= 11 is 0. The molecule has 2 unspecified atom stereocenters. The molecule has 4 fully saturated rings. The van der Waals surface area contributed by atoms with Gasteiger partial charge in [0.25, 0.3) is 5.78 Å². The number of carboxylic acids is 1. The molecule has 4 atom stereocenters. The summed E-state index contributed by atoms with van der Waals surface area (Å²) in [4.78, 5) is 65.2. The number of alkyl carbamates (subject to hydrolysis) is 1. The van der Waals surface area contributed by atoms with E-state index >= 15 is 0 Å². The van der Waals surface area contributed by atoms with Crippen molar-refractivity contribution in [3.8, 4) is 0 Å². The number of hydrogen-bond acceptors (Lipinski definition) is 6. The average molecular weight is 506 g/mol. The van der Waals surface area contributed by atoms with Gasteiger partial charge in [0, 0.05) is 6.54 Å². The van der Waals surface area contributed by atoms with Crippen LogP contribution in [0.3, 0.4) is 0 Å². The normalized spacial score (nSPS) is 28.9. The van der Waals surface area contributed by atoms with E-state index in [1.807, 2.05) is 0 Å². The number of carbonyl (C=O) groups is 5. The summed E-state index contributed by atoms with van der Waals surface area (Å²) in [5, 5.41) is 14.7. The van der Waals surface area contributed by atoms with Gasteiger partial charge >= 0.3 is 12.1 Å². The molecule has 0 radical (unpaired) electrons. The minimum atomic E-state index is -1.57. The minimum Gasteiger partial charge on any atom is -0.475 e. The lowest BCUT2D eigenvalue weighted by atomic mass is 9.83. The molecule has 10 nitrogen and oxygen atoms in total. The number of nitrogens with one attached hydrogen (secondary N) is 2. The predicted octanol–water partition coefficient (Wildman–Crippen LogP) is 2.25. The second-order valence-electron chi connectivity index (χ2n) is 12.6. The molecule has 1 aliphatic heterocycles. The first kappa shape index (κ1) is 26.4. The van der Waals surface area contributed by atoms with E-state index in [1.165, 1.54) is 0 Å². The van der Waals surface area contributed by atoms with Gasteiger partial charge in [-0.05, 0) is 69.6 Å². The van der Waals surface area contributed by atoms with Crippen LogP contribution in [0.15, 0.2) is 0 Å². The van der Waals surface area contributed by atoms with Crippen molar-refractivity contribution in [3.63, 3.8) is 0 Å². The Balaban J connectivity index is 1.56. The monoisotopic (exact) mass is 505 g/mol. The van der Waals surface area contributed by atoms with Gasteiger partial charge in [0.1, 0.15) is 23.2 Å². The first-order chi connectivity index (χ1) is 16.7. The second-order valence-corrected chi connectivity index (χ2v) is 12.6. The van der Waals surface area contributed by atoms with Gasteiger partial charge in [-0.2, -0.15) is 0 Å². The number of carboxylic acid groups (broad SMARTS) is 1. The fourth-order valence-corrected chi connectivity index (χ4v) is 6.32. The number of ketones is 1. The van der Waals surface area contributed by atoms with Crippen molar-refractivity contribution in [2.45, 2.75) is 103 Å². The van der Waals surface area contributed by atoms with Crippen molar-refractivity contribution in [2.24, 2.45) is 23.2 Å². The molecule has 4 aliphatic rings. The van der Waals surface area contributed by atoms with Crippen molar-refractivity contribution in [3.05, 3.63) is 0 Å². The maximum atomic E-state index is 14.0. The number of carbonyl (C=O) groups excluding carboxylic acids is 4. The molecule has 0 spiro atoms. The maximum absolute atomic E-state index is 14.0. The summed E-state index contributed by atoms with van der Waals surface area (Å²) in [6, 6.07) is -1.63. The van der Waals surface area contributed by atoms with E-state index in [9.17, 15) is 29.1 Å². The summed E-state index contributed by atoms with van der Waals surface area (Å²) in [5.41, 5.74) is -2.25. The van der Waals surface area contributed by atoms with Crippen LogP contribution in [0, 0.1) is 23.2 Å². The third-order valence-electron chi connectivity index (χ3n) is 8.56. The largest absolute Gasteiger partial charge is 0.475 e. The van der Waals surface area contributed by atoms with Crippen LogP contribution in [0.25, 0.3) is 0 Å². The van der Waals surface area contributed by atoms with E-state index in [0.29, 0.717) is 6.54 Å². The first-order valence-electron chi connectivity index (χ1n) is 13.1. The molecule has 4 rings (SSSR count). The molecule has 3 amide bonds. The Kier molecular flexibility index (Phi) is 6.62. The van der Waals surface area contributed by atoms with E-state index in [0.717, 1.165) is 32.1 Å². The molecular formula is C26H39N3O7. The molecule has 0 aromatic rings. The predicted molar refractivity (Wildman–Crippen MR) is 129 cm³/mol. The summed E-state index contributed by atoms with van der Waals surface area (Å²) in [6.45, 7) is 9.76. The highest BCUT2D eigenvalue weighted by molar-refractivity contribution is 6.37. The molecule has 200 valence electrons. The number of fused-ring (bicyclic) bond motifs is 1. The highest BCUT2D eigenvalue weighted by Crippen LogP contribution is 2.65. The average Bonchev–Trinajstić information content (AvgIpc) is 3.59. The number of Topliss-reactive ketones (excluding diaryl/α,β-unsaturated/α-hetero) is 1. The smallest absolute Gasteiger partial charge is 0.408 e. The van der Waals surface area contributed by atoms with Crippen LogP contribution in [0.1, 0.15) is 79.6 Å². The van der Waals surface area contributed by atoms with Crippen molar-refractivity contribution in [1.29, 1.82) is 0 Å². The van der Waals surface area contributed by atoms with Crippen LogP contribution in [0.4, 0.5) is 4.79 Å². The first-order valence-corrected chi connectivity index (χ1v) is 13.1. The lowest BCUT2D eigenvalue weighted by Crippen LogP contribution is -2.60. The summed E-state index contributed by atoms with van der Waals surface area (Å²) < 4.78 is 5.44. The molecule has 3 aliphatic carbocycles. The van der Waals surface area contributed by atoms with E-state index in [-0.39, 0.29) is 41.9 Å². The minimum absolute atomic E-state index is 0.0595. The fraction of sp³-hybridized carbons (Fsp3) is 0.808. The number of amides is 3. The topological polar surface area (TPSA) is 142 Å². The molecule has 0 aromatic carbocycles. The molecule has 3 N–H and O–H groups in total. The highest BCUT2D eigenvalue weighted by Gasteiger charge is 2.70. The van der Waals surface area contributed by atoms with Gasteiger partial charge in [-0.25, -0.2) is 9.59 Å². The molecule has 3 saturated carbocycles. The lowest BCUT2D eigenvalue weighted by molar-refractivity contribution is -0.151. The van der Waals surface area contributed by atoms with Crippen molar-refractivity contribution >= 4 is 29.7 Å². The van der Waals surface area contributed by atoms with Gasteiger partial charge in [-0.1, -0.05) is 33.1 Å². The highest BCUT2D eigenvalue weighted by atomic mass is 16.6. The molecule has 10 heteroatoms. The molecule has 0 bridgehead atoms. The summed E-state index contributed by atoms with van der Waals surface area (Å²) in [5.74, 6) is -3.43. The van der Waals surface area contributed by atoms with Crippen LogP contribution < -0.4 is 10.6 Å². The number of nitrogens with zero attached hydrogens (tertiary/aromatic N) is 1. The third kappa shape index (κ3) is 4.95. The third-order valence-corrected chi connectivity index (χ3v) is 8.56. The van der Waals surface area contributed by atoms with Gasteiger partial charge < -0.3 is 25.4 Å². The van der Waals surface area contributed by atoms with Gasteiger partial charge in [-0.3, -0.25) is 14.4 Å². The zero-order valence-corrected chi connectivity index (χ0v) is 21.9. The number of rotatable bonds is 7. The van der Waals surface area contributed by atoms with Gasteiger partial charge in [-0.15, -0.1) is 0 Å². The Labute approximate surface area is 211 Å². The van der Waals surface area contributed by atoms with Crippen molar-refractivity contribution in [1.82, 2.24) is 15.5 Å². The number of hydrogen-bond donors (Lipinski definition) is 3. The lowest BCUT2D eigenvalue weighted by Gasteiger charge is -2.37. The molecule has 36 heavy (non-hydrogen) atoms. The maximum Gasteiger partial charge on any atom is 0.408 e. The molecule has 0 aromatic heterocycles.